The van der Waals surface area contributed by atoms with E-state index in [4.69, 9.17) is 21.1 Å². The molecule has 0 saturated carbocycles. The summed E-state index contributed by atoms with van der Waals surface area (Å²) in [5.74, 6) is 3.37. The number of nitrogens with one attached hydrogen (secondary N) is 1. The predicted molar refractivity (Wildman–Crippen MR) is 140 cm³/mol. The lowest BCUT2D eigenvalue weighted by Gasteiger charge is -2.19. The SMILES string of the molecule is CCOc1cc(/C=N\NC(=O)CC2(C)SCCS2)cc(I)c1OCc1ccccc1Cl. The van der Waals surface area contributed by atoms with Gasteiger partial charge in [0.1, 0.15) is 6.61 Å². The van der Waals surface area contributed by atoms with E-state index in [0.29, 0.717) is 36.2 Å². The van der Waals surface area contributed by atoms with Gasteiger partial charge in [-0.1, -0.05) is 29.8 Å². The van der Waals surface area contributed by atoms with E-state index in [0.717, 1.165) is 26.2 Å². The van der Waals surface area contributed by atoms with E-state index < -0.39 is 0 Å². The van der Waals surface area contributed by atoms with Crippen LogP contribution in [0.4, 0.5) is 0 Å². The third kappa shape index (κ3) is 7.20. The maximum absolute atomic E-state index is 12.2. The van der Waals surface area contributed by atoms with Gasteiger partial charge in [-0.15, -0.1) is 23.5 Å². The van der Waals surface area contributed by atoms with Crippen LogP contribution in [0.2, 0.25) is 5.02 Å². The van der Waals surface area contributed by atoms with E-state index in [1.165, 1.54) is 0 Å². The first-order valence-electron chi connectivity index (χ1n) is 9.82. The van der Waals surface area contributed by atoms with Crippen LogP contribution in [0.1, 0.15) is 31.4 Å². The number of nitrogens with zero attached hydrogens (tertiary/aromatic N) is 1. The lowest BCUT2D eigenvalue weighted by atomic mass is 10.2. The first-order chi connectivity index (χ1) is 14.9. The second-order valence-electron chi connectivity index (χ2n) is 6.94. The van der Waals surface area contributed by atoms with E-state index >= 15 is 0 Å². The van der Waals surface area contributed by atoms with Crippen molar-refractivity contribution in [2.45, 2.75) is 31.0 Å². The molecule has 0 unspecified atom stereocenters. The highest BCUT2D eigenvalue weighted by molar-refractivity contribution is 14.1. The molecule has 1 aliphatic heterocycles. The fourth-order valence-electron chi connectivity index (χ4n) is 3.00. The zero-order valence-electron chi connectivity index (χ0n) is 17.3. The summed E-state index contributed by atoms with van der Waals surface area (Å²) in [5, 5.41) is 4.80. The van der Waals surface area contributed by atoms with Crippen molar-refractivity contribution in [3.8, 4) is 11.5 Å². The average Bonchev–Trinajstić information content (AvgIpc) is 3.14. The molecule has 1 aliphatic rings. The summed E-state index contributed by atoms with van der Waals surface area (Å²) in [4.78, 5) is 12.2. The standard InChI is InChI=1S/C22H24ClIN2O3S2/c1-3-28-19-11-15(13-25-26-20(27)12-22(2)30-8-9-31-22)10-18(24)21(19)29-14-16-6-4-5-7-17(16)23/h4-7,10-11,13H,3,8-9,12,14H2,1-2H3,(H,26,27)/b25-13-. The first kappa shape index (κ1) is 24.5. The van der Waals surface area contributed by atoms with Gasteiger partial charge in [-0.05, 0) is 60.2 Å². The number of thioether (sulfide) groups is 2. The third-order valence-corrected chi connectivity index (χ3v) is 8.91. The molecular formula is C22H24ClIN2O3S2. The monoisotopic (exact) mass is 590 g/mol. The second-order valence-corrected chi connectivity index (χ2v) is 12.0. The van der Waals surface area contributed by atoms with Crippen LogP contribution in [0.25, 0.3) is 0 Å². The van der Waals surface area contributed by atoms with Crippen molar-refractivity contribution in [3.63, 3.8) is 0 Å². The Kier molecular flexibility index (Phi) is 9.24. The van der Waals surface area contributed by atoms with Gasteiger partial charge in [0.15, 0.2) is 11.5 Å². The van der Waals surface area contributed by atoms with Gasteiger partial charge in [-0.25, -0.2) is 5.43 Å². The molecule has 0 spiro atoms. The Morgan fingerprint density at radius 2 is 2.03 bits per heavy atom. The Labute approximate surface area is 210 Å². The normalized spacial score (nSPS) is 15.2. The zero-order chi connectivity index (χ0) is 22.3. The van der Waals surface area contributed by atoms with Gasteiger partial charge in [0.05, 0.1) is 26.9 Å². The predicted octanol–water partition coefficient (Wildman–Crippen LogP) is 5.96. The average molecular weight is 591 g/mol. The minimum absolute atomic E-state index is 0.0578. The van der Waals surface area contributed by atoms with Gasteiger partial charge >= 0.3 is 0 Å². The number of hydrazone groups is 1. The van der Waals surface area contributed by atoms with Gasteiger partial charge in [0.2, 0.25) is 5.91 Å². The molecule has 1 heterocycles. The van der Waals surface area contributed by atoms with Gasteiger partial charge in [0.25, 0.3) is 0 Å². The quantitative estimate of drug-likeness (QED) is 0.222. The molecule has 3 rings (SSSR count). The highest BCUT2D eigenvalue weighted by Gasteiger charge is 2.32. The molecule has 0 atom stereocenters. The summed E-state index contributed by atoms with van der Waals surface area (Å²) >= 11 is 12.1. The minimum Gasteiger partial charge on any atom is -0.490 e. The van der Waals surface area contributed by atoms with Crippen LogP contribution >= 0.6 is 57.7 Å². The molecule has 2 aromatic carbocycles. The number of rotatable bonds is 9. The molecule has 1 fully saturated rings. The maximum atomic E-state index is 12.2. The van der Waals surface area contributed by atoms with Crippen LogP contribution in [0.15, 0.2) is 41.5 Å². The number of hydrogen-bond acceptors (Lipinski definition) is 6. The fraction of sp³-hybridized carbons (Fsp3) is 0.364. The van der Waals surface area contributed by atoms with Crippen molar-refractivity contribution in [1.29, 1.82) is 0 Å². The van der Waals surface area contributed by atoms with E-state index in [2.05, 4.69) is 40.0 Å². The molecule has 0 radical (unpaired) electrons. The topological polar surface area (TPSA) is 59.9 Å². The van der Waals surface area contributed by atoms with Crippen molar-refractivity contribution in [3.05, 3.63) is 56.1 Å². The number of ether oxygens (including phenoxy) is 2. The van der Waals surface area contributed by atoms with Gasteiger partial charge in [-0.3, -0.25) is 4.79 Å². The zero-order valence-corrected chi connectivity index (χ0v) is 21.9. The highest BCUT2D eigenvalue weighted by Crippen LogP contribution is 2.45. The molecule has 0 aliphatic carbocycles. The lowest BCUT2D eigenvalue weighted by molar-refractivity contribution is -0.121. The fourth-order valence-corrected chi connectivity index (χ4v) is 6.80. The Morgan fingerprint density at radius 1 is 1.29 bits per heavy atom. The molecule has 1 saturated heterocycles. The van der Waals surface area contributed by atoms with E-state index in [-0.39, 0.29) is 9.99 Å². The molecule has 166 valence electrons. The maximum Gasteiger partial charge on any atom is 0.242 e. The van der Waals surface area contributed by atoms with Gasteiger partial charge in [-0.2, -0.15) is 5.10 Å². The van der Waals surface area contributed by atoms with E-state index in [1.54, 1.807) is 6.21 Å². The summed E-state index contributed by atoms with van der Waals surface area (Å²) in [5.41, 5.74) is 4.36. The van der Waals surface area contributed by atoms with Crippen molar-refractivity contribution >= 4 is 69.8 Å². The summed E-state index contributed by atoms with van der Waals surface area (Å²) in [7, 11) is 0. The largest absolute Gasteiger partial charge is 0.490 e. The Morgan fingerprint density at radius 3 is 2.74 bits per heavy atom. The highest BCUT2D eigenvalue weighted by atomic mass is 127. The van der Waals surface area contributed by atoms with Crippen LogP contribution in [-0.2, 0) is 11.4 Å². The summed E-state index contributed by atoms with van der Waals surface area (Å²) in [6.45, 7) is 4.87. The van der Waals surface area contributed by atoms with Crippen molar-refractivity contribution < 1.29 is 14.3 Å². The summed E-state index contributed by atoms with van der Waals surface area (Å²) in [6.07, 6.45) is 2.06. The summed E-state index contributed by atoms with van der Waals surface area (Å²) in [6, 6.07) is 11.4. The molecule has 1 amide bonds. The lowest BCUT2D eigenvalue weighted by Crippen LogP contribution is -2.26. The van der Waals surface area contributed by atoms with E-state index in [1.807, 2.05) is 66.8 Å². The number of benzene rings is 2. The smallest absolute Gasteiger partial charge is 0.242 e. The first-order valence-corrected chi connectivity index (χ1v) is 13.3. The minimum atomic E-state index is -0.0833. The van der Waals surface area contributed by atoms with Crippen molar-refractivity contribution in [2.24, 2.45) is 5.10 Å². The van der Waals surface area contributed by atoms with Crippen molar-refractivity contribution in [1.82, 2.24) is 5.43 Å². The number of hydrogen-bond donors (Lipinski definition) is 1. The number of carbonyl (C=O) groups excluding carboxylic acids is 1. The Bertz CT molecular complexity index is 952. The number of halogens is 2. The summed E-state index contributed by atoms with van der Waals surface area (Å²) < 4.78 is 12.7. The van der Waals surface area contributed by atoms with Gasteiger partial charge < -0.3 is 9.47 Å². The Balaban J connectivity index is 1.66. The molecular weight excluding hydrogens is 567 g/mol. The Hall–Kier alpha value is -1.10. The third-order valence-electron chi connectivity index (χ3n) is 4.44. The molecule has 0 aromatic heterocycles. The van der Waals surface area contributed by atoms with Crippen molar-refractivity contribution in [2.75, 3.05) is 18.1 Å². The molecule has 0 bridgehead atoms. The van der Waals surface area contributed by atoms with Crippen LogP contribution < -0.4 is 14.9 Å². The second kappa shape index (κ2) is 11.7. The van der Waals surface area contributed by atoms with Crippen LogP contribution in [-0.4, -0.2) is 34.3 Å². The van der Waals surface area contributed by atoms with Crippen LogP contribution in [0.3, 0.4) is 0 Å². The molecule has 9 heteroatoms. The number of amides is 1. The van der Waals surface area contributed by atoms with E-state index in [9.17, 15) is 4.79 Å². The molecule has 5 nitrogen and oxygen atoms in total. The van der Waals surface area contributed by atoms with Crippen LogP contribution in [0, 0.1) is 3.57 Å². The van der Waals surface area contributed by atoms with Gasteiger partial charge in [0, 0.05) is 22.1 Å². The number of carbonyl (C=O) groups is 1. The van der Waals surface area contributed by atoms with Crippen LogP contribution in [0.5, 0.6) is 11.5 Å². The molecule has 31 heavy (non-hydrogen) atoms. The molecule has 1 N–H and O–H groups in total. The molecule has 2 aromatic rings.